The third-order valence-corrected chi connectivity index (χ3v) is 7.06. The topological polar surface area (TPSA) is 79.9 Å². The lowest BCUT2D eigenvalue weighted by Gasteiger charge is -2.29. The zero-order valence-electron chi connectivity index (χ0n) is 22.3. The average molecular weight is 536 g/mol. The molecule has 4 rings (SSSR count). The van der Waals surface area contributed by atoms with Crippen LogP contribution in [0.15, 0.2) is 54.6 Å². The Labute approximate surface area is 229 Å². The molecule has 0 aromatic heterocycles. The van der Waals surface area contributed by atoms with E-state index in [0.29, 0.717) is 40.8 Å². The smallest absolute Gasteiger partial charge is 0.255 e. The fraction of sp³-hybridized carbons (Fsp3) is 0.333. The third kappa shape index (κ3) is 6.47. The molecule has 0 unspecified atom stereocenters. The Morgan fingerprint density at radius 1 is 0.947 bits per heavy atom. The first kappa shape index (κ1) is 27.5. The standard InChI is InChI=1S/C30H34ClN3O4/c1-19(2)20-5-7-21(8-6-20)29(35)33-26-17-24(31)9-10-25(26)30(36)32-12-14-34-13-11-22-15-27(37-3)28(38-4)16-23(22)18-34/h5-10,15-17,19H,11-14,18H2,1-4H3,(H,32,36)(H,33,35). The number of fused-ring (bicyclic) bond motifs is 1. The van der Waals surface area contributed by atoms with Gasteiger partial charge >= 0.3 is 0 Å². The molecule has 200 valence electrons. The molecule has 0 saturated carbocycles. The number of amides is 2. The van der Waals surface area contributed by atoms with Crippen molar-refractivity contribution in [2.24, 2.45) is 0 Å². The van der Waals surface area contributed by atoms with Gasteiger partial charge in [0.15, 0.2) is 11.5 Å². The Hall–Kier alpha value is -3.55. The number of nitrogens with zero attached hydrogens (tertiary/aromatic N) is 1. The van der Waals surface area contributed by atoms with E-state index < -0.39 is 0 Å². The Morgan fingerprint density at radius 2 is 1.63 bits per heavy atom. The Bertz CT molecular complexity index is 1310. The van der Waals surface area contributed by atoms with Crippen molar-refractivity contribution in [3.05, 3.63) is 87.4 Å². The van der Waals surface area contributed by atoms with E-state index in [1.807, 2.05) is 24.3 Å². The van der Waals surface area contributed by atoms with Gasteiger partial charge in [-0.3, -0.25) is 14.5 Å². The highest BCUT2D eigenvalue weighted by Gasteiger charge is 2.20. The summed E-state index contributed by atoms with van der Waals surface area (Å²) in [6.07, 6.45) is 0.898. The summed E-state index contributed by atoms with van der Waals surface area (Å²) >= 11 is 6.19. The summed E-state index contributed by atoms with van der Waals surface area (Å²) in [4.78, 5) is 28.2. The normalized spacial score (nSPS) is 13.1. The lowest BCUT2D eigenvalue weighted by molar-refractivity contribution is 0.0948. The predicted octanol–water partition coefficient (Wildman–Crippen LogP) is 5.52. The summed E-state index contributed by atoms with van der Waals surface area (Å²) in [5.41, 5.74) is 4.86. The third-order valence-electron chi connectivity index (χ3n) is 6.82. The Morgan fingerprint density at radius 3 is 2.29 bits per heavy atom. The van der Waals surface area contributed by atoms with Gasteiger partial charge in [-0.25, -0.2) is 0 Å². The van der Waals surface area contributed by atoms with Gasteiger partial charge in [-0.2, -0.15) is 0 Å². The molecule has 0 spiro atoms. The molecule has 0 bridgehead atoms. The number of methoxy groups -OCH3 is 2. The van der Waals surface area contributed by atoms with Crippen LogP contribution in [0.25, 0.3) is 0 Å². The number of rotatable bonds is 9. The molecule has 8 heteroatoms. The summed E-state index contributed by atoms with van der Waals surface area (Å²) in [5.74, 6) is 1.27. The van der Waals surface area contributed by atoms with E-state index in [0.717, 1.165) is 36.6 Å². The molecule has 1 aliphatic heterocycles. The van der Waals surface area contributed by atoms with E-state index in [1.165, 1.54) is 11.1 Å². The Kier molecular flexibility index (Phi) is 8.92. The zero-order chi connectivity index (χ0) is 27.2. The van der Waals surface area contributed by atoms with Crippen molar-refractivity contribution in [1.82, 2.24) is 10.2 Å². The highest BCUT2D eigenvalue weighted by Crippen LogP contribution is 2.33. The number of nitrogens with one attached hydrogen (secondary N) is 2. The number of ether oxygens (including phenoxy) is 2. The molecule has 3 aromatic carbocycles. The molecule has 1 aliphatic rings. The largest absolute Gasteiger partial charge is 0.493 e. The second kappa shape index (κ2) is 12.3. The second-order valence-electron chi connectivity index (χ2n) is 9.68. The minimum atomic E-state index is -0.296. The van der Waals surface area contributed by atoms with E-state index >= 15 is 0 Å². The average Bonchev–Trinajstić information content (AvgIpc) is 2.92. The highest BCUT2D eigenvalue weighted by molar-refractivity contribution is 6.31. The SMILES string of the molecule is COc1cc2c(cc1OC)CN(CCNC(=O)c1ccc(Cl)cc1NC(=O)c1ccc(C(C)C)cc1)CC2. The molecule has 2 amide bonds. The van der Waals surface area contributed by atoms with Crippen molar-refractivity contribution in [3.8, 4) is 11.5 Å². The first-order chi connectivity index (χ1) is 18.3. The molecule has 3 aromatic rings. The summed E-state index contributed by atoms with van der Waals surface area (Å²) in [6, 6.07) is 16.4. The van der Waals surface area contributed by atoms with Crippen LogP contribution in [0.5, 0.6) is 11.5 Å². The van der Waals surface area contributed by atoms with Gasteiger partial charge in [-0.05, 0) is 71.5 Å². The first-order valence-corrected chi connectivity index (χ1v) is 13.1. The van der Waals surface area contributed by atoms with Gasteiger partial charge in [0.05, 0.1) is 25.5 Å². The molecular weight excluding hydrogens is 502 g/mol. The van der Waals surface area contributed by atoms with Crippen LogP contribution in [0.4, 0.5) is 5.69 Å². The van der Waals surface area contributed by atoms with Crippen molar-refractivity contribution in [3.63, 3.8) is 0 Å². The predicted molar refractivity (Wildman–Crippen MR) is 151 cm³/mol. The van der Waals surface area contributed by atoms with Gasteiger partial charge < -0.3 is 20.1 Å². The van der Waals surface area contributed by atoms with Crippen molar-refractivity contribution >= 4 is 29.1 Å². The summed E-state index contributed by atoms with van der Waals surface area (Å²) < 4.78 is 10.9. The van der Waals surface area contributed by atoms with E-state index in [4.69, 9.17) is 21.1 Å². The van der Waals surface area contributed by atoms with Crippen LogP contribution >= 0.6 is 11.6 Å². The number of benzene rings is 3. The van der Waals surface area contributed by atoms with E-state index in [-0.39, 0.29) is 11.8 Å². The monoisotopic (exact) mass is 535 g/mol. The van der Waals surface area contributed by atoms with Gasteiger partial charge in [-0.15, -0.1) is 0 Å². The van der Waals surface area contributed by atoms with Gasteiger partial charge in [0, 0.05) is 36.8 Å². The maximum atomic E-state index is 13.1. The molecule has 0 fully saturated rings. The van der Waals surface area contributed by atoms with Crippen molar-refractivity contribution in [2.75, 3.05) is 39.2 Å². The zero-order valence-corrected chi connectivity index (χ0v) is 23.0. The van der Waals surface area contributed by atoms with Crippen molar-refractivity contribution in [2.45, 2.75) is 32.7 Å². The van der Waals surface area contributed by atoms with E-state index in [2.05, 4.69) is 29.4 Å². The Balaban J connectivity index is 1.37. The van der Waals surface area contributed by atoms with Crippen LogP contribution in [0.2, 0.25) is 5.02 Å². The number of anilines is 1. The van der Waals surface area contributed by atoms with Gasteiger partial charge in [-0.1, -0.05) is 37.6 Å². The van der Waals surface area contributed by atoms with Crippen molar-refractivity contribution in [1.29, 1.82) is 0 Å². The number of carbonyl (C=O) groups excluding carboxylic acids is 2. The molecule has 1 heterocycles. The summed E-state index contributed by atoms with van der Waals surface area (Å²) in [5, 5.41) is 6.27. The number of carbonyl (C=O) groups is 2. The minimum Gasteiger partial charge on any atom is -0.493 e. The molecule has 0 radical (unpaired) electrons. The fourth-order valence-electron chi connectivity index (χ4n) is 4.59. The lowest BCUT2D eigenvalue weighted by atomic mass is 9.99. The van der Waals surface area contributed by atoms with E-state index in [9.17, 15) is 9.59 Å². The molecule has 38 heavy (non-hydrogen) atoms. The molecule has 2 N–H and O–H groups in total. The van der Waals surface area contributed by atoms with Gasteiger partial charge in [0.1, 0.15) is 0 Å². The second-order valence-corrected chi connectivity index (χ2v) is 10.1. The quantitative estimate of drug-likeness (QED) is 0.377. The van der Waals surface area contributed by atoms with E-state index in [1.54, 1.807) is 44.6 Å². The number of hydrogen-bond acceptors (Lipinski definition) is 5. The van der Waals surface area contributed by atoms with Crippen LogP contribution in [0, 0.1) is 0 Å². The van der Waals surface area contributed by atoms with Gasteiger partial charge in [0.25, 0.3) is 11.8 Å². The summed E-state index contributed by atoms with van der Waals surface area (Å²) in [6.45, 7) is 7.01. The van der Waals surface area contributed by atoms with Crippen LogP contribution in [0.3, 0.4) is 0 Å². The minimum absolute atomic E-state index is 0.268. The maximum Gasteiger partial charge on any atom is 0.255 e. The molecular formula is C30H34ClN3O4. The molecule has 0 saturated heterocycles. The van der Waals surface area contributed by atoms with Crippen LogP contribution in [-0.4, -0.2) is 50.6 Å². The molecule has 0 aliphatic carbocycles. The maximum absolute atomic E-state index is 13.1. The van der Waals surface area contributed by atoms with Crippen molar-refractivity contribution < 1.29 is 19.1 Å². The van der Waals surface area contributed by atoms with Gasteiger partial charge in [0.2, 0.25) is 0 Å². The fourth-order valence-corrected chi connectivity index (χ4v) is 4.76. The number of halogens is 1. The molecule has 0 atom stereocenters. The first-order valence-electron chi connectivity index (χ1n) is 12.7. The van der Waals surface area contributed by atoms with Crippen LogP contribution in [0.1, 0.15) is 57.2 Å². The summed E-state index contributed by atoms with van der Waals surface area (Å²) in [7, 11) is 3.28. The van der Waals surface area contributed by atoms with Crippen LogP contribution in [-0.2, 0) is 13.0 Å². The molecule has 7 nitrogen and oxygen atoms in total. The van der Waals surface area contributed by atoms with Crippen LogP contribution < -0.4 is 20.1 Å². The highest BCUT2D eigenvalue weighted by atomic mass is 35.5. The number of hydrogen-bond donors (Lipinski definition) is 2. The lowest BCUT2D eigenvalue weighted by Crippen LogP contribution is -2.38.